The molecule has 1 aliphatic carbocycles. The molecular formula is C17H22N4. The van der Waals surface area contributed by atoms with Gasteiger partial charge in [0.05, 0.1) is 11.7 Å². The summed E-state index contributed by atoms with van der Waals surface area (Å²) in [7, 11) is 0. The Balaban J connectivity index is 1.82. The average Bonchev–Trinajstić information content (AvgIpc) is 2.88. The smallest absolute Gasteiger partial charge is 0.203 e. The molecule has 0 saturated heterocycles. The predicted molar refractivity (Wildman–Crippen MR) is 85.7 cm³/mol. The van der Waals surface area contributed by atoms with Gasteiger partial charge in [-0.25, -0.2) is 4.98 Å². The number of nitrogens with one attached hydrogen (secondary N) is 1. The summed E-state index contributed by atoms with van der Waals surface area (Å²) in [6.45, 7) is 3.04. The summed E-state index contributed by atoms with van der Waals surface area (Å²) in [6.07, 6.45) is 5.92. The molecule has 1 unspecified atom stereocenters. The van der Waals surface area contributed by atoms with Gasteiger partial charge in [-0.05, 0) is 56.2 Å². The quantitative estimate of drug-likeness (QED) is 0.790. The summed E-state index contributed by atoms with van der Waals surface area (Å²) >= 11 is 0. The Bertz CT molecular complexity index is 686. The zero-order valence-corrected chi connectivity index (χ0v) is 12.5. The normalized spacial score (nSPS) is 20.5. The maximum atomic E-state index is 6.12. The number of aryl methyl sites for hydroxylation is 2. The third-order valence-corrected chi connectivity index (χ3v) is 4.87. The van der Waals surface area contributed by atoms with Gasteiger partial charge in [0.2, 0.25) is 5.95 Å². The van der Waals surface area contributed by atoms with Crippen LogP contribution in [0.25, 0.3) is 0 Å². The zero-order valence-electron chi connectivity index (χ0n) is 12.5. The highest BCUT2D eigenvalue weighted by Gasteiger charge is 2.28. The maximum Gasteiger partial charge on any atom is 0.203 e. The van der Waals surface area contributed by atoms with Crippen LogP contribution in [-0.4, -0.2) is 16.1 Å². The molecule has 2 aliphatic rings. The van der Waals surface area contributed by atoms with Crippen molar-refractivity contribution in [2.45, 2.75) is 45.1 Å². The molecule has 0 radical (unpaired) electrons. The zero-order chi connectivity index (χ0) is 14.4. The van der Waals surface area contributed by atoms with Crippen molar-refractivity contribution < 1.29 is 0 Å². The van der Waals surface area contributed by atoms with Gasteiger partial charge in [0.25, 0.3) is 0 Å². The molecule has 1 aromatic carbocycles. The molecule has 1 aromatic heterocycles. The molecule has 4 heteroatoms. The van der Waals surface area contributed by atoms with Crippen LogP contribution in [0.4, 0.5) is 11.6 Å². The Morgan fingerprint density at radius 2 is 2.14 bits per heavy atom. The Hall–Kier alpha value is -1.97. The number of nitrogen functional groups attached to an aromatic ring is 1. The number of aromatic nitrogens is 2. The molecule has 110 valence electrons. The van der Waals surface area contributed by atoms with E-state index in [0.717, 1.165) is 43.0 Å². The summed E-state index contributed by atoms with van der Waals surface area (Å²) < 4.78 is 2.43. The lowest BCUT2D eigenvalue weighted by atomic mass is 9.97. The second kappa shape index (κ2) is 4.79. The highest BCUT2D eigenvalue weighted by molar-refractivity contribution is 5.50. The summed E-state index contributed by atoms with van der Waals surface area (Å²) in [4.78, 5) is 4.83. The number of nitrogens with zero attached hydrogens (tertiary/aromatic N) is 2. The van der Waals surface area contributed by atoms with Crippen molar-refractivity contribution in [3.05, 3.63) is 40.7 Å². The summed E-state index contributed by atoms with van der Waals surface area (Å²) in [5.74, 6) is 1.05. The van der Waals surface area contributed by atoms with Crippen molar-refractivity contribution in [2.75, 3.05) is 17.6 Å². The van der Waals surface area contributed by atoms with Crippen molar-refractivity contribution in [1.29, 1.82) is 0 Å². The monoisotopic (exact) mass is 282 g/mol. The topological polar surface area (TPSA) is 55.9 Å². The predicted octanol–water partition coefficient (Wildman–Crippen LogP) is 3.06. The van der Waals surface area contributed by atoms with Gasteiger partial charge < -0.3 is 15.6 Å². The SMILES string of the molecule is Cc1ccc(C2CCNc3nc4c(n32)CCCC4)cc1N. The minimum atomic E-state index is 0.374. The van der Waals surface area contributed by atoms with E-state index in [2.05, 4.69) is 35.0 Å². The molecule has 1 aliphatic heterocycles. The lowest BCUT2D eigenvalue weighted by Crippen LogP contribution is -2.25. The Labute approximate surface area is 125 Å². The molecule has 21 heavy (non-hydrogen) atoms. The summed E-state index contributed by atoms with van der Waals surface area (Å²) in [6, 6.07) is 6.87. The van der Waals surface area contributed by atoms with Crippen LogP contribution >= 0.6 is 0 Å². The van der Waals surface area contributed by atoms with Crippen molar-refractivity contribution in [3.8, 4) is 0 Å². The van der Waals surface area contributed by atoms with Gasteiger partial charge in [-0.3, -0.25) is 0 Å². The molecule has 0 fully saturated rings. The second-order valence-electron chi connectivity index (χ2n) is 6.25. The van der Waals surface area contributed by atoms with E-state index in [-0.39, 0.29) is 0 Å². The van der Waals surface area contributed by atoms with Crippen molar-refractivity contribution in [3.63, 3.8) is 0 Å². The highest BCUT2D eigenvalue weighted by Crippen LogP contribution is 2.36. The fraction of sp³-hybridized carbons (Fsp3) is 0.471. The first kappa shape index (κ1) is 12.7. The lowest BCUT2D eigenvalue weighted by molar-refractivity contribution is 0.501. The molecule has 2 aromatic rings. The van der Waals surface area contributed by atoms with E-state index >= 15 is 0 Å². The number of rotatable bonds is 1. The number of anilines is 2. The number of hydrogen-bond acceptors (Lipinski definition) is 3. The number of benzene rings is 1. The van der Waals surface area contributed by atoms with E-state index < -0.39 is 0 Å². The molecule has 0 bridgehead atoms. The van der Waals surface area contributed by atoms with E-state index in [1.54, 1.807) is 0 Å². The minimum Gasteiger partial charge on any atom is -0.399 e. The molecule has 2 heterocycles. The summed E-state index contributed by atoms with van der Waals surface area (Å²) in [5, 5.41) is 3.47. The third kappa shape index (κ3) is 2.01. The second-order valence-corrected chi connectivity index (χ2v) is 6.25. The van der Waals surface area contributed by atoms with Gasteiger partial charge >= 0.3 is 0 Å². The van der Waals surface area contributed by atoms with Gasteiger partial charge in [0.15, 0.2) is 0 Å². The van der Waals surface area contributed by atoms with Crippen LogP contribution < -0.4 is 11.1 Å². The molecule has 0 spiro atoms. The van der Waals surface area contributed by atoms with E-state index in [4.69, 9.17) is 10.7 Å². The maximum absolute atomic E-state index is 6.12. The van der Waals surface area contributed by atoms with Gasteiger partial charge in [0, 0.05) is 17.9 Å². The molecule has 0 amide bonds. The van der Waals surface area contributed by atoms with Crippen LogP contribution in [0.5, 0.6) is 0 Å². The van der Waals surface area contributed by atoms with Crippen LogP contribution in [0, 0.1) is 6.92 Å². The molecule has 4 rings (SSSR count). The van der Waals surface area contributed by atoms with Crippen LogP contribution in [0.2, 0.25) is 0 Å². The molecule has 1 atom stereocenters. The van der Waals surface area contributed by atoms with Crippen LogP contribution in [-0.2, 0) is 12.8 Å². The Kier molecular flexibility index (Phi) is 2.91. The van der Waals surface area contributed by atoms with Gasteiger partial charge in [-0.15, -0.1) is 0 Å². The first-order valence-electron chi connectivity index (χ1n) is 7.94. The van der Waals surface area contributed by atoms with Crippen molar-refractivity contribution >= 4 is 11.6 Å². The number of imidazole rings is 1. The van der Waals surface area contributed by atoms with E-state index in [1.807, 2.05) is 0 Å². The number of hydrogen-bond donors (Lipinski definition) is 2. The highest BCUT2D eigenvalue weighted by atomic mass is 15.3. The fourth-order valence-corrected chi connectivity index (χ4v) is 3.66. The molecule has 4 nitrogen and oxygen atoms in total. The standard InChI is InChI=1S/C17H22N4/c1-11-6-7-12(10-13(11)18)15-8-9-19-17-20-14-4-2-3-5-16(14)21(15)17/h6-7,10,15H,2-5,8-9,18H2,1H3,(H,19,20). The van der Waals surface area contributed by atoms with Gasteiger partial charge in [-0.2, -0.15) is 0 Å². The average molecular weight is 282 g/mol. The lowest BCUT2D eigenvalue weighted by Gasteiger charge is -2.29. The van der Waals surface area contributed by atoms with Crippen molar-refractivity contribution in [2.24, 2.45) is 0 Å². The molecule has 3 N–H and O–H groups in total. The van der Waals surface area contributed by atoms with Crippen LogP contribution in [0.1, 0.15) is 47.8 Å². The fourth-order valence-electron chi connectivity index (χ4n) is 3.66. The first-order chi connectivity index (χ1) is 10.2. The molecule has 0 saturated carbocycles. The van der Waals surface area contributed by atoms with Crippen molar-refractivity contribution in [1.82, 2.24) is 9.55 Å². The Morgan fingerprint density at radius 3 is 3.00 bits per heavy atom. The third-order valence-electron chi connectivity index (χ3n) is 4.87. The van der Waals surface area contributed by atoms with Gasteiger partial charge in [0.1, 0.15) is 0 Å². The van der Waals surface area contributed by atoms with E-state index in [0.29, 0.717) is 6.04 Å². The van der Waals surface area contributed by atoms with Crippen LogP contribution in [0.15, 0.2) is 18.2 Å². The molecular weight excluding hydrogens is 260 g/mol. The number of fused-ring (bicyclic) bond motifs is 3. The first-order valence-corrected chi connectivity index (χ1v) is 7.94. The summed E-state index contributed by atoms with van der Waals surface area (Å²) in [5.41, 5.74) is 12.2. The van der Waals surface area contributed by atoms with E-state index in [1.165, 1.54) is 29.8 Å². The van der Waals surface area contributed by atoms with Gasteiger partial charge in [-0.1, -0.05) is 12.1 Å². The minimum absolute atomic E-state index is 0.374. The number of nitrogens with two attached hydrogens (primary N) is 1. The Morgan fingerprint density at radius 1 is 1.29 bits per heavy atom. The largest absolute Gasteiger partial charge is 0.399 e. The van der Waals surface area contributed by atoms with E-state index in [9.17, 15) is 0 Å². The van der Waals surface area contributed by atoms with Crippen LogP contribution in [0.3, 0.4) is 0 Å².